The lowest BCUT2D eigenvalue weighted by Gasteiger charge is -2.07. The molecule has 3 heterocycles. The van der Waals surface area contributed by atoms with E-state index in [2.05, 4.69) is 15.0 Å². The summed E-state index contributed by atoms with van der Waals surface area (Å²) in [5.41, 5.74) is 1.23. The van der Waals surface area contributed by atoms with Crippen molar-refractivity contribution in [3.05, 3.63) is 78.6 Å². The molecule has 0 fully saturated rings. The van der Waals surface area contributed by atoms with E-state index in [4.69, 9.17) is 4.42 Å². The number of benzene rings is 1. The highest BCUT2D eigenvalue weighted by atomic mass is 19.4. The van der Waals surface area contributed by atoms with Gasteiger partial charge in [-0.1, -0.05) is 24.3 Å². The second-order valence-electron chi connectivity index (χ2n) is 5.70. The lowest BCUT2D eigenvalue weighted by Crippen LogP contribution is -2.04. The zero-order valence-corrected chi connectivity index (χ0v) is 13.8. The molecule has 0 unspecified atom stereocenters. The van der Waals surface area contributed by atoms with Crippen LogP contribution in [0, 0.1) is 0 Å². The minimum atomic E-state index is -4.40. The molecule has 0 aliphatic heterocycles. The Kier molecular flexibility index (Phi) is 4.19. The third kappa shape index (κ3) is 3.44. The molecule has 27 heavy (non-hydrogen) atoms. The van der Waals surface area contributed by atoms with Crippen molar-refractivity contribution in [2.24, 2.45) is 0 Å². The standard InChI is InChI=1S/C20H12F3N3O/c21-20(22,23)14-9-7-13(8-10-14)17-18(15-5-1-3-11-24-15)27-19(26-17)16-6-2-4-12-25-16/h1-12H. The maximum atomic E-state index is 12.8. The van der Waals surface area contributed by atoms with Gasteiger partial charge in [-0.25, -0.2) is 4.98 Å². The van der Waals surface area contributed by atoms with Crippen LogP contribution in [0.25, 0.3) is 34.3 Å². The molecule has 1 aromatic carbocycles. The van der Waals surface area contributed by atoms with Crippen molar-refractivity contribution in [2.75, 3.05) is 0 Å². The van der Waals surface area contributed by atoms with E-state index in [0.29, 0.717) is 28.4 Å². The van der Waals surface area contributed by atoms with Crippen LogP contribution in [0.15, 0.2) is 77.5 Å². The summed E-state index contributed by atoms with van der Waals surface area (Å²) in [6, 6.07) is 15.4. The minimum absolute atomic E-state index is 0.270. The van der Waals surface area contributed by atoms with Gasteiger partial charge in [0, 0.05) is 18.0 Å². The van der Waals surface area contributed by atoms with Gasteiger partial charge < -0.3 is 4.42 Å². The number of halogens is 3. The summed E-state index contributed by atoms with van der Waals surface area (Å²) < 4.78 is 44.4. The summed E-state index contributed by atoms with van der Waals surface area (Å²) in [5, 5.41) is 0. The Morgan fingerprint density at radius 3 is 1.93 bits per heavy atom. The van der Waals surface area contributed by atoms with Gasteiger partial charge in [-0.2, -0.15) is 13.2 Å². The molecule has 0 bridgehead atoms. The molecule has 0 saturated heterocycles. The monoisotopic (exact) mass is 367 g/mol. The molecule has 4 rings (SSSR count). The van der Waals surface area contributed by atoms with Gasteiger partial charge in [-0.3, -0.25) is 9.97 Å². The van der Waals surface area contributed by atoms with Crippen LogP contribution < -0.4 is 0 Å². The largest absolute Gasteiger partial charge is 0.432 e. The Hall–Kier alpha value is -3.48. The van der Waals surface area contributed by atoms with E-state index in [1.54, 1.807) is 48.8 Å². The Bertz CT molecular complexity index is 1040. The molecule has 4 nitrogen and oxygen atoms in total. The Labute approximate surface area is 152 Å². The number of pyridine rings is 2. The quantitative estimate of drug-likeness (QED) is 0.481. The molecular formula is C20H12F3N3O. The second kappa shape index (κ2) is 6.68. The number of hydrogen-bond donors (Lipinski definition) is 0. The minimum Gasteiger partial charge on any atom is -0.432 e. The van der Waals surface area contributed by atoms with Gasteiger partial charge in [-0.05, 0) is 36.4 Å². The number of alkyl halides is 3. The first-order chi connectivity index (χ1) is 13.0. The summed E-state index contributed by atoms with van der Waals surface area (Å²) >= 11 is 0. The van der Waals surface area contributed by atoms with Crippen molar-refractivity contribution in [2.45, 2.75) is 6.18 Å². The lowest BCUT2D eigenvalue weighted by atomic mass is 10.1. The van der Waals surface area contributed by atoms with E-state index in [1.165, 1.54) is 12.1 Å². The predicted molar refractivity (Wildman–Crippen MR) is 93.4 cm³/mol. The fourth-order valence-electron chi connectivity index (χ4n) is 2.60. The van der Waals surface area contributed by atoms with Crippen molar-refractivity contribution >= 4 is 0 Å². The van der Waals surface area contributed by atoms with Gasteiger partial charge in [0.15, 0.2) is 5.76 Å². The summed E-state index contributed by atoms with van der Waals surface area (Å²) in [6.45, 7) is 0. The summed E-state index contributed by atoms with van der Waals surface area (Å²) in [4.78, 5) is 12.9. The van der Waals surface area contributed by atoms with E-state index in [-0.39, 0.29) is 5.89 Å². The van der Waals surface area contributed by atoms with Gasteiger partial charge >= 0.3 is 6.18 Å². The lowest BCUT2D eigenvalue weighted by molar-refractivity contribution is -0.137. The van der Waals surface area contributed by atoms with Crippen LogP contribution in [0.3, 0.4) is 0 Å². The smallest absolute Gasteiger partial charge is 0.416 e. The molecule has 0 amide bonds. The maximum absolute atomic E-state index is 12.8. The zero-order chi connectivity index (χ0) is 18.9. The second-order valence-corrected chi connectivity index (χ2v) is 5.70. The SMILES string of the molecule is FC(F)(F)c1ccc(-c2nc(-c3ccccn3)oc2-c2ccccn2)cc1. The average molecular weight is 367 g/mol. The van der Waals surface area contributed by atoms with E-state index in [1.807, 2.05) is 0 Å². The number of nitrogens with zero attached hydrogens (tertiary/aromatic N) is 3. The first-order valence-corrected chi connectivity index (χ1v) is 8.03. The van der Waals surface area contributed by atoms with Crippen molar-refractivity contribution in [3.8, 4) is 34.3 Å². The summed E-state index contributed by atoms with van der Waals surface area (Å²) in [7, 11) is 0. The van der Waals surface area contributed by atoms with Gasteiger partial charge in [-0.15, -0.1) is 0 Å². The molecule has 0 aliphatic rings. The summed E-state index contributed by atoms with van der Waals surface area (Å²) in [6.07, 6.45) is -1.18. The number of oxazole rings is 1. The van der Waals surface area contributed by atoms with Crippen LogP contribution in [0.4, 0.5) is 13.2 Å². The van der Waals surface area contributed by atoms with E-state index < -0.39 is 11.7 Å². The van der Waals surface area contributed by atoms with Gasteiger partial charge in [0.1, 0.15) is 17.1 Å². The molecule has 0 saturated carbocycles. The first-order valence-electron chi connectivity index (χ1n) is 8.03. The van der Waals surface area contributed by atoms with Crippen LogP contribution in [-0.4, -0.2) is 15.0 Å². The third-order valence-electron chi connectivity index (χ3n) is 3.89. The van der Waals surface area contributed by atoms with Crippen LogP contribution in [0.1, 0.15) is 5.56 Å². The molecule has 3 aromatic heterocycles. The van der Waals surface area contributed by atoms with Gasteiger partial charge in [0.25, 0.3) is 0 Å². The van der Waals surface area contributed by atoms with E-state index in [0.717, 1.165) is 12.1 Å². The Morgan fingerprint density at radius 2 is 1.37 bits per heavy atom. The van der Waals surface area contributed by atoms with E-state index >= 15 is 0 Å². The number of rotatable bonds is 3. The molecular weight excluding hydrogens is 355 g/mol. The molecule has 0 spiro atoms. The highest BCUT2D eigenvalue weighted by Gasteiger charge is 2.30. The van der Waals surface area contributed by atoms with Crippen LogP contribution in [0.5, 0.6) is 0 Å². The molecule has 0 atom stereocenters. The molecule has 0 aliphatic carbocycles. The molecule has 134 valence electrons. The molecule has 0 N–H and O–H groups in total. The van der Waals surface area contributed by atoms with Crippen LogP contribution in [0.2, 0.25) is 0 Å². The zero-order valence-electron chi connectivity index (χ0n) is 13.8. The van der Waals surface area contributed by atoms with Crippen molar-refractivity contribution in [1.82, 2.24) is 15.0 Å². The van der Waals surface area contributed by atoms with Crippen LogP contribution in [-0.2, 0) is 6.18 Å². The Morgan fingerprint density at radius 1 is 0.741 bits per heavy atom. The molecule has 4 aromatic rings. The topological polar surface area (TPSA) is 51.8 Å². The van der Waals surface area contributed by atoms with E-state index in [9.17, 15) is 13.2 Å². The maximum Gasteiger partial charge on any atom is 0.416 e. The normalized spacial score (nSPS) is 11.5. The highest BCUT2D eigenvalue weighted by Crippen LogP contribution is 2.36. The summed E-state index contributed by atoms with van der Waals surface area (Å²) in [5.74, 6) is 0.641. The first kappa shape index (κ1) is 17.0. The highest BCUT2D eigenvalue weighted by molar-refractivity contribution is 5.77. The van der Waals surface area contributed by atoms with Crippen molar-refractivity contribution in [3.63, 3.8) is 0 Å². The molecule has 0 radical (unpaired) electrons. The van der Waals surface area contributed by atoms with Crippen molar-refractivity contribution in [1.29, 1.82) is 0 Å². The van der Waals surface area contributed by atoms with Crippen LogP contribution >= 0.6 is 0 Å². The van der Waals surface area contributed by atoms with Gasteiger partial charge in [0.05, 0.1) is 5.56 Å². The Balaban J connectivity index is 1.85. The predicted octanol–water partition coefficient (Wildman–Crippen LogP) is 5.48. The molecule has 7 heteroatoms. The number of hydrogen-bond acceptors (Lipinski definition) is 4. The van der Waals surface area contributed by atoms with Gasteiger partial charge in [0.2, 0.25) is 5.89 Å². The fourth-order valence-corrected chi connectivity index (χ4v) is 2.60. The number of aromatic nitrogens is 3. The third-order valence-corrected chi connectivity index (χ3v) is 3.89. The fraction of sp³-hybridized carbons (Fsp3) is 0.0500. The average Bonchev–Trinajstić information content (AvgIpc) is 3.14. The van der Waals surface area contributed by atoms with Crippen molar-refractivity contribution < 1.29 is 17.6 Å².